The molecular weight excluding hydrogens is 662 g/mol. The quantitative estimate of drug-likeness (QED) is 0.144. The van der Waals surface area contributed by atoms with Crippen LogP contribution in [0, 0.1) is 11.6 Å². The predicted molar refractivity (Wildman–Crippen MR) is 186 cm³/mol. The molecule has 3 N–H and O–H groups in total. The number of hydrogen-bond donors (Lipinski definition) is 3. The minimum atomic E-state index is -0.781. The molecule has 2 atom stereocenters. The molecule has 3 heterocycles. The Balaban J connectivity index is 1.06. The monoisotopic (exact) mass is 698 g/mol. The standard InChI is InChI=1S/C38H36F2N4O7/c1-48-33-19-28-30(20-34(33)49-16-14-41-24-3-2-4-27(45)17-24)42-13-11-31(28)51-32-10-7-25(18-29(32)40)43-37(46)35-36-22(12-15-50-36)21-44(38(35)47)26-8-5-23(39)6-9-26/h5-11,13,18-21,24,27,41,45H,2-4,12,14-17H2,1H3,(H,43,46). The summed E-state index contributed by atoms with van der Waals surface area (Å²) < 4.78 is 53.5. The number of methoxy groups -OCH3 is 1. The van der Waals surface area contributed by atoms with Crippen molar-refractivity contribution in [2.45, 2.75) is 44.2 Å². The number of carbonyl (C=O) groups excluding carboxylic acids is 1. The molecule has 264 valence electrons. The Labute approximate surface area is 291 Å². The summed E-state index contributed by atoms with van der Waals surface area (Å²) in [6.07, 6.45) is 6.92. The predicted octanol–water partition coefficient (Wildman–Crippen LogP) is 5.92. The van der Waals surface area contributed by atoms with Gasteiger partial charge in [-0.25, -0.2) is 8.78 Å². The van der Waals surface area contributed by atoms with Crippen LogP contribution in [0.25, 0.3) is 16.6 Å². The van der Waals surface area contributed by atoms with Crippen molar-refractivity contribution in [3.8, 4) is 34.4 Å². The number of pyridine rings is 2. The van der Waals surface area contributed by atoms with Crippen LogP contribution in [0.3, 0.4) is 0 Å². The fraction of sp³-hybridized carbons (Fsp3) is 0.289. The maximum absolute atomic E-state index is 15.5. The average molecular weight is 699 g/mol. The first-order valence-corrected chi connectivity index (χ1v) is 16.7. The second-order valence-electron chi connectivity index (χ2n) is 12.5. The molecule has 1 aliphatic heterocycles. The van der Waals surface area contributed by atoms with Gasteiger partial charge in [0.1, 0.15) is 29.5 Å². The number of ether oxygens (including phenoxy) is 4. The van der Waals surface area contributed by atoms with E-state index in [0.29, 0.717) is 59.0 Å². The molecule has 1 fully saturated rings. The van der Waals surface area contributed by atoms with Gasteiger partial charge in [-0.3, -0.25) is 19.1 Å². The van der Waals surface area contributed by atoms with Crippen LogP contribution in [-0.4, -0.2) is 59.6 Å². The van der Waals surface area contributed by atoms with E-state index in [-0.39, 0.29) is 41.5 Å². The lowest BCUT2D eigenvalue weighted by Crippen LogP contribution is -2.38. The third-order valence-corrected chi connectivity index (χ3v) is 9.02. The molecular formula is C38H36F2N4O7. The summed E-state index contributed by atoms with van der Waals surface area (Å²) in [7, 11) is 1.52. The van der Waals surface area contributed by atoms with Gasteiger partial charge in [-0.05, 0) is 74.2 Å². The fourth-order valence-corrected chi connectivity index (χ4v) is 6.49. The van der Waals surface area contributed by atoms with Crippen molar-refractivity contribution in [1.29, 1.82) is 0 Å². The van der Waals surface area contributed by atoms with Gasteiger partial charge >= 0.3 is 0 Å². The van der Waals surface area contributed by atoms with Gasteiger partial charge in [0.15, 0.2) is 23.1 Å². The largest absolute Gasteiger partial charge is 0.493 e. The van der Waals surface area contributed by atoms with Crippen LogP contribution in [0.5, 0.6) is 28.7 Å². The molecule has 2 aromatic heterocycles. The molecule has 1 amide bonds. The van der Waals surface area contributed by atoms with E-state index >= 15 is 4.39 Å². The number of amides is 1. The Kier molecular flexibility index (Phi) is 9.82. The third-order valence-electron chi connectivity index (χ3n) is 9.02. The Morgan fingerprint density at radius 3 is 2.67 bits per heavy atom. The summed E-state index contributed by atoms with van der Waals surface area (Å²) in [6, 6.07) is 14.5. The van der Waals surface area contributed by atoms with E-state index in [1.165, 1.54) is 54.3 Å². The zero-order chi connectivity index (χ0) is 35.5. The van der Waals surface area contributed by atoms with E-state index in [4.69, 9.17) is 18.9 Å². The van der Waals surface area contributed by atoms with Crippen LogP contribution >= 0.6 is 0 Å². The summed E-state index contributed by atoms with van der Waals surface area (Å²) in [6.45, 7) is 1.26. The highest BCUT2D eigenvalue weighted by Crippen LogP contribution is 2.38. The van der Waals surface area contributed by atoms with Crippen LogP contribution in [0.15, 0.2) is 77.9 Å². The van der Waals surface area contributed by atoms with Crippen LogP contribution in [-0.2, 0) is 6.42 Å². The number of aromatic nitrogens is 2. The molecule has 0 bridgehead atoms. The summed E-state index contributed by atoms with van der Waals surface area (Å²) in [5.74, 6) is -0.694. The van der Waals surface area contributed by atoms with Crippen LogP contribution < -0.4 is 35.1 Å². The number of anilines is 1. The Hall–Kier alpha value is -5.53. The van der Waals surface area contributed by atoms with Crippen molar-refractivity contribution in [1.82, 2.24) is 14.9 Å². The first-order chi connectivity index (χ1) is 24.8. The molecule has 2 aliphatic rings. The molecule has 5 aromatic rings. The Bertz CT molecular complexity index is 2140. The molecule has 0 radical (unpaired) electrons. The van der Waals surface area contributed by atoms with Gasteiger partial charge in [-0.15, -0.1) is 0 Å². The first kappa shape index (κ1) is 33.9. The number of nitrogens with one attached hydrogen (secondary N) is 2. The number of aliphatic hydroxyl groups excluding tert-OH is 1. The molecule has 11 nitrogen and oxygen atoms in total. The third kappa shape index (κ3) is 7.35. The van der Waals surface area contributed by atoms with Crippen LogP contribution in [0.2, 0.25) is 0 Å². The highest BCUT2D eigenvalue weighted by molar-refractivity contribution is 6.06. The first-order valence-electron chi connectivity index (χ1n) is 16.7. The van der Waals surface area contributed by atoms with Gasteiger partial charge in [0.2, 0.25) is 0 Å². The highest BCUT2D eigenvalue weighted by atomic mass is 19.1. The molecule has 0 saturated heterocycles. The van der Waals surface area contributed by atoms with Gasteiger partial charge in [0.05, 0.1) is 25.3 Å². The topological polar surface area (TPSA) is 133 Å². The number of nitrogens with zero attached hydrogens (tertiary/aromatic N) is 2. The van der Waals surface area contributed by atoms with Crippen LogP contribution in [0.4, 0.5) is 14.5 Å². The van der Waals surface area contributed by atoms with Gasteiger partial charge in [-0.2, -0.15) is 0 Å². The van der Waals surface area contributed by atoms with Gasteiger partial charge < -0.3 is 34.7 Å². The zero-order valence-corrected chi connectivity index (χ0v) is 27.8. The van der Waals surface area contributed by atoms with Gasteiger partial charge in [-0.1, -0.05) is 0 Å². The van der Waals surface area contributed by atoms with Crippen molar-refractivity contribution < 1.29 is 37.6 Å². The van der Waals surface area contributed by atoms with E-state index in [2.05, 4.69) is 15.6 Å². The summed E-state index contributed by atoms with van der Waals surface area (Å²) >= 11 is 0. The lowest BCUT2D eigenvalue weighted by molar-refractivity contribution is 0.102. The van der Waals surface area contributed by atoms with Crippen molar-refractivity contribution in [2.75, 3.05) is 32.2 Å². The number of benzene rings is 3. The summed E-state index contributed by atoms with van der Waals surface area (Å²) in [5.41, 5.74) is 0.755. The summed E-state index contributed by atoms with van der Waals surface area (Å²) in [4.78, 5) is 31.4. The molecule has 3 aromatic carbocycles. The molecule has 13 heteroatoms. The fourth-order valence-electron chi connectivity index (χ4n) is 6.49. The summed E-state index contributed by atoms with van der Waals surface area (Å²) in [5, 5.41) is 16.5. The maximum atomic E-state index is 15.5. The van der Waals surface area contributed by atoms with Crippen molar-refractivity contribution in [3.63, 3.8) is 0 Å². The molecule has 0 spiro atoms. The number of fused-ring (bicyclic) bond motifs is 2. The molecule has 7 rings (SSSR count). The number of rotatable bonds is 11. The number of halogens is 2. The Morgan fingerprint density at radius 2 is 1.88 bits per heavy atom. The number of hydrogen-bond acceptors (Lipinski definition) is 9. The smallest absolute Gasteiger partial charge is 0.271 e. The normalized spacial score (nSPS) is 16.7. The van der Waals surface area contributed by atoms with Gasteiger partial charge in [0.25, 0.3) is 11.5 Å². The second-order valence-corrected chi connectivity index (χ2v) is 12.5. The number of aliphatic hydroxyl groups is 1. The molecule has 1 saturated carbocycles. The van der Waals surface area contributed by atoms with E-state index in [1.54, 1.807) is 24.4 Å². The number of carbonyl (C=O) groups is 1. The molecule has 2 unspecified atom stereocenters. The SMILES string of the molecule is COc1cc2c(Oc3ccc(NC(=O)c4c5c(cn(-c6ccc(F)cc6)c4=O)CCO5)cc3F)ccnc2cc1OCCNC1CCCC(O)C1. The van der Waals surface area contributed by atoms with Crippen molar-refractivity contribution in [2.24, 2.45) is 0 Å². The zero-order valence-electron chi connectivity index (χ0n) is 27.8. The lowest BCUT2D eigenvalue weighted by Gasteiger charge is -2.26. The van der Waals surface area contributed by atoms with Crippen molar-refractivity contribution >= 4 is 22.5 Å². The van der Waals surface area contributed by atoms with E-state index in [1.807, 2.05) is 0 Å². The van der Waals surface area contributed by atoms with E-state index in [0.717, 1.165) is 31.7 Å². The second kappa shape index (κ2) is 14.8. The van der Waals surface area contributed by atoms with E-state index < -0.39 is 23.1 Å². The van der Waals surface area contributed by atoms with Crippen molar-refractivity contribution in [3.05, 3.63) is 106 Å². The maximum Gasteiger partial charge on any atom is 0.271 e. The minimum Gasteiger partial charge on any atom is -0.493 e. The molecule has 1 aliphatic carbocycles. The lowest BCUT2D eigenvalue weighted by atomic mass is 9.93. The minimum absolute atomic E-state index is 0.0883. The van der Waals surface area contributed by atoms with Crippen LogP contribution in [0.1, 0.15) is 41.6 Å². The average Bonchev–Trinajstić information content (AvgIpc) is 3.59. The van der Waals surface area contributed by atoms with Gasteiger partial charge in [0, 0.05) is 65.9 Å². The van der Waals surface area contributed by atoms with E-state index in [9.17, 15) is 19.1 Å². The highest BCUT2D eigenvalue weighted by Gasteiger charge is 2.27. The Morgan fingerprint density at radius 1 is 1.04 bits per heavy atom. The molecule has 51 heavy (non-hydrogen) atoms.